The zero-order chi connectivity index (χ0) is 10.5. The molecule has 1 N–H and O–H groups in total. The first kappa shape index (κ1) is 10.3. The van der Waals surface area contributed by atoms with Crippen molar-refractivity contribution in [2.24, 2.45) is 0 Å². The van der Waals surface area contributed by atoms with Gasteiger partial charge in [0.2, 0.25) is 0 Å². The van der Waals surface area contributed by atoms with Gasteiger partial charge in [-0.3, -0.25) is 0 Å². The fourth-order valence-electron chi connectivity index (χ4n) is 1.33. The number of nitrogens with zero attached hydrogens (tertiary/aromatic N) is 2. The molecule has 0 unspecified atom stereocenters. The number of hydrogen-bond acceptors (Lipinski definition) is 4. The van der Waals surface area contributed by atoms with Crippen LogP contribution >= 0.6 is 11.3 Å². The van der Waals surface area contributed by atoms with E-state index in [2.05, 4.69) is 32.1 Å². The highest BCUT2D eigenvalue weighted by atomic mass is 32.1. The molecule has 15 heavy (non-hydrogen) atoms. The highest BCUT2D eigenvalue weighted by Crippen LogP contribution is 2.05. The number of nitrogens with one attached hydrogen (secondary N) is 1. The summed E-state index contributed by atoms with van der Waals surface area (Å²) in [6, 6.07) is 4.07. The molecular formula is C11H13N3S. The third-order valence-electron chi connectivity index (χ3n) is 2.05. The SMILES string of the molecule is Cc1nccc(CNCc2ccsc2)n1. The molecule has 0 aliphatic carbocycles. The number of aryl methyl sites for hydroxylation is 1. The molecule has 2 heterocycles. The van der Waals surface area contributed by atoms with Crippen molar-refractivity contribution in [1.82, 2.24) is 15.3 Å². The Hall–Kier alpha value is -1.26. The van der Waals surface area contributed by atoms with Gasteiger partial charge in [-0.25, -0.2) is 9.97 Å². The van der Waals surface area contributed by atoms with E-state index in [0.717, 1.165) is 24.6 Å². The maximum Gasteiger partial charge on any atom is 0.125 e. The lowest BCUT2D eigenvalue weighted by Crippen LogP contribution is -2.13. The molecule has 0 saturated heterocycles. The largest absolute Gasteiger partial charge is 0.307 e. The molecular weight excluding hydrogens is 206 g/mol. The molecule has 0 aliphatic rings. The molecule has 2 rings (SSSR count). The quantitative estimate of drug-likeness (QED) is 0.856. The lowest BCUT2D eigenvalue weighted by atomic mass is 10.3. The first-order valence-electron chi connectivity index (χ1n) is 4.85. The Labute approximate surface area is 93.2 Å². The van der Waals surface area contributed by atoms with Crippen LogP contribution in [0.5, 0.6) is 0 Å². The van der Waals surface area contributed by atoms with E-state index in [9.17, 15) is 0 Å². The maximum atomic E-state index is 4.32. The van der Waals surface area contributed by atoms with Gasteiger partial charge in [-0.05, 0) is 35.4 Å². The van der Waals surface area contributed by atoms with Crippen LogP contribution in [0.3, 0.4) is 0 Å². The van der Waals surface area contributed by atoms with Gasteiger partial charge in [0.05, 0.1) is 5.69 Å². The van der Waals surface area contributed by atoms with Gasteiger partial charge in [-0.15, -0.1) is 0 Å². The van der Waals surface area contributed by atoms with E-state index in [0.29, 0.717) is 0 Å². The minimum absolute atomic E-state index is 0.791. The topological polar surface area (TPSA) is 37.8 Å². The zero-order valence-corrected chi connectivity index (χ0v) is 9.42. The van der Waals surface area contributed by atoms with E-state index in [1.165, 1.54) is 5.56 Å². The number of thiophene rings is 1. The molecule has 2 aromatic heterocycles. The van der Waals surface area contributed by atoms with Crippen molar-refractivity contribution < 1.29 is 0 Å². The van der Waals surface area contributed by atoms with Crippen LogP contribution in [0.15, 0.2) is 29.1 Å². The van der Waals surface area contributed by atoms with Gasteiger partial charge in [0.1, 0.15) is 5.82 Å². The number of rotatable bonds is 4. The summed E-state index contributed by atoms with van der Waals surface area (Å²) in [6.07, 6.45) is 1.80. The molecule has 4 heteroatoms. The molecule has 0 amide bonds. The van der Waals surface area contributed by atoms with Crippen LogP contribution in [0, 0.1) is 6.92 Å². The first-order valence-corrected chi connectivity index (χ1v) is 5.79. The van der Waals surface area contributed by atoms with Gasteiger partial charge < -0.3 is 5.32 Å². The molecule has 0 atom stereocenters. The van der Waals surface area contributed by atoms with Crippen LogP contribution < -0.4 is 5.32 Å². The minimum atomic E-state index is 0.791. The fraction of sp³-hybridized carbons (Fsp3) is 0.273. The third-order valence-corrected chi connectivity index (χ3v) is 2.78. The van der Waals surface area contributed by atoms with Crippen LogP contribution in [0.1, 0.15) is 17.1 Å². The summed E-state index contributed by atoms with van der Waals surface area (Å²) < 4.78 is 0. The second-order valence-electron chi connectivity index (χ2n) is 3.33. The van der Waals surface area contributed by atoms with Crippen molar-refractivity contribution in [3.8, 4) is 0 Å². The third kappa shape index (κ3) is 3.11. The molecule has 0 spiro atoms. The normalized spacial score (nSPS) is 10.5. The Kier molecular flexibility index (Phi) is 3.42. The Morgan fingerprint density at radius 1 is 1.33 bits per heavy atom. The van der Waals surface area contributed by atoms with E-state index >= 15 is 0 Å². The lowest BCUT2D eigenvalue weighted by molar-refractivity contribution is 0.676. The molecule has 0 aliphatic heterocycles. The van der Waals surface area contributed by atoms with Crippen molar-refractivity contribution in [2.45, 2.75) is 20.0 Å². The smallest absolute Gasteiger partial charge is 0.125 e. The van der Waals surface area contributed by atoms with Gasteiger partial charge in [0.15, 0.2) is 0 Å². The van der Waals surface area contributed by atoms with E-state index in [1.54, 1.807) is 17.5 Å². The van der Waals surface area contributed by atoms with Crippen LogP contribution in [0.2, 0.25) is 0 Å². The summed E-state index contributed by atoms with van der Waals surface area (Å²) in [5.41, 5.74) is 2.36. The average molecular weight is 219 g/mol. The monoisotopic (exact) mass is 219 g/mol. The molecule has 78 valence electrons. The highest BCUT2D eigenvalue weighted by molar-refractivity contribution is 7.07. The summed E-state index contributed by atoms with van der Waals surface area (Å²) in [6.45, 7) is 3.59. The van der Waals surface area contributed by atoms with Crippen molar-refractivity contribution >= 4 is 11.3 Å². The summed E-state index contributed by atoms with van der Waals surface area (Å²) in [7, 11) is 0. The standard InChI is InChI=1S/C11H13N3S/c1-9-13-4-2-11(14-9)7-12-6-10-3-5-15-8-10/h2-5,8,12H,6-7H2,1H3. The first-order chi connectivity index (χ1) is 7.34. The van der Waals surface area contributed by atoms with E-state index < -0.39 is 0 Å². The number of aromatic nitrogens is 2. The van der Waals surface area contributed by atoms with Crippen LogP contribution in [0.4, 0.5) is 0 Å². The molecule has 3 nitrogen and oxygen atoms in total. The summed E-state index contributed by atoms with van der Waals surface area (Å²) in [5, 5.41) is 7.59. The second-order valence-corrected chi connectivity index (χ2v) is 4.11. The Morgan fingerprint density at radius 3 is 3.00 bits per heavy atom. The molecule has 0 bridgehead atoms. The average Bonchev–Trinajstić information content (AvgIpc) is 2.71. The molecule has 0 fully saturated rings. The Morgan fingerprint density at radius 2 is 2.27 bits per heavy atom. The molecule has 0 aromatic carbocycles. The predicted molar refractivity (Wildman–Crippen MR) is 61.6 cm³/mol. The predicted octanol–water partition coefficient (Wildman–Crippen LogP) is 2.14. The molecule has 0 radical (unpaired) electrons. The Bertz CT molecular complexity index is 412. The lowest BCUT2D eigenvalue weighted by Gasteiger charge is -2.02. The number of hydrogen-bond donors (Lipinski definition) is 1. The van der Waals surface area contributed by atoms with Gasteiger partial charge in [0.25, 0.3) is 0 Å². The maximum absolute atomic E-state index is 4.32. The van der Waals surface area contributed by atoms with Gasteiger partial charge in [-0.1, -0.05) is 0 Å². The van der Waals surface area contributed by atoms with Crippen molar-refractivity contribution in [2.75, 3.05) is 0 Å². The highest BCUT2D eigenvalue weighted by Gasteiger charge is 1.96. The van der Waals surface area contributed by atoms with Crippen molar-refractivity contribution in [3.63, 3.8) is 0 Å². The Balaban J connectivity index is 1.83. The van der Waals surface area contributed by atoms with E-state index in [1.807, 2.05) is 13.0 Å². The van der Waals surface area contributed by atoms with Crippen molar-refractivity contribution in [3.05, 3.63) is 46.2 Å². The van der Waals surface area contributed by atoms with Crippen molar-refractivity contribution in [1.29, 1.82) is 0 Å². The summed E-state index contributed by atoms with van der Waals surface area (Å²) in [4.78, 5) is 8.38. The van der Waals surface area contributed by atoms with Crippen LogP contribution in [0.25, 0.3) is 0 Å². The second kappa shape index (κ2) is 5.00. The van der Waals surface area contributed by atoms with Gasteiger partial charge in [-0.2, -0.15) is 11.3 Å². The zero-order valence-electron chi connectivity index (χ0n) is 8.60. The van der Waals surface area contributed by atoms with Gasteiger partial charge in [0, 0.05) is 19.3 Å². The van der Waals surface area contributed by atoms with E-state index in [-0.39, 0.29) is 0 Å². The molecule has 2 aromatic rings. The minimum Gasteiger partial charge on any atom is -0.307 e. The van der Waals surface area contributed by atoms with Gasteiger partial charge >= 0.3 is 0 Å². The molecule has 0 saturated carbocycles. The van der Waals surface area contributed by atoms with E-state index in [4.69, 9.17) is 0 Å². The fourth-order valence-corrected chi connectivity index (χ4v) is 2.00. The van der Waals surface area contributed by atoms with Crippen LogP contribution in [-0.2, 0) is 13.1 Å². The van der Waals surface area contributed by atoms with Crippen LogP contribution in [-0.4, -0.2) is 9.97 Å². The summed E-state index contributed by atoms with van der Waals surface area (Å²) in [5.74, 6) is 0.824. The summed E-state index contributed by atoms with van der Waals surface area (Å²) >= 11 is 1.72.